The number of carbonyl (C=O) groups excluding carboxylic acids is 1. The third-order valence-electron chi connectivity index (χ3n) is 3.85. The Labute approximate surface area is 113 Å². The highest BCUT2D eigenvalue weighted by molar-refractivity contribution is 5.90. The van der Waals surface area contributed by atoms with Crippen molar-refractivity contribution < 1.29 is 4.79 Å². The maximum Gasteiger partial charge on any atom is 0.293 e. The van der Waals surface area contributed by atoms with E-state index < -0.39 is 0 Å². The molecule has 1 aromatic rings. The number of H-pyrrole nitrogens is 1. The smallest absolute Gasteiger partial charge is 0.293 e. The van der Waals surface area contributed by atoms with Crippen molar-refractivity contribution in [3.8, 4) is 0 Å². The van der Waals surface area contributed by atoms with Gasteiger partial charge in [-0.15, -0.1) is 5.10 Å². The summed E-state index contributed by atoms with van der Waals surface area (Å²) in [6.07, 6.45) is 3.89. The molecule has 1 aromatic heterocycles. The molecule has 3 N–H and O–H groups in total. The van der Waals surface area contributed by atoms with Crippen LogP contribution in [0.5, 0.6) is 0 Å². The van der Waals surface area contributed by atoms with Crippen LogP contribution < -0.4 is 5.73 Å². The quantitative estimate of drug-likeness (QED) is 0.861. The molecule has 6 heteroatoms. The molecule has 1 fully saturated rings. The molecule has 0 spiro atoms. The monoisotopic (exact) mass is 265 g/mol. The number of nitrogens with zero attached hydrogens (tertiary/aromatic N) is 3. The van der Waals surface area contributed by atoms with Crippen molar-refractivity contribution in [3.63, 3.8) is 0 Å². The topological polar surface area (TPSA) is 87.9 Å². The number of amides is 1. The summed E-state index contributed by atoms with van der Waals surface area (Å²) in [6, 6.07) is 0.545. The van der Waals surface area contributed by atoms with Gasteiger partial charge in [-0.3, -0.25) is 9.89 Å². The molecule has 1 heterocycles. The molecule has 19 heavy (non-hydrogen) atoms. The molecule has 0 bridgehead atoms. The van der Waals surface area contributed by atoms with Gasteiger partial charge in [0.15, 0.2) is 0 Å². The molecule has 1 saturated carbocycles. The zero-order valence-corrected chi connectivity index (χ0v) is 11.9. The molecule has 0 unspecified atom stereocenters. The van der Waals surface area contributed by atoms with Crippen LogP contribution in [0.25, 0.3) is 0 Å². The molecule has 0 aliphatic heterocycles. The number of hydrogen-bond acceptors (Lipinski definition) is 4. The second-order valence-corrected chi connectivity index (χ2v) is 5.68. The fourth-order valence-electron chi connectivity index (χ4n) is 2.44. The molecule has 2 rings (SSSR count). The van der Waals surface area contributed by atoms with E-state index in [0.29, 0.717) is 0 Å². The molecule has 1 aliphatic rings. The number of carbonyl (C=O) groups is 1. The van der Waals surface area contributed by atoms with Crippen molar-refractivity contribution in [2.45, 2.75) is 57.5 Å². The SMILES string of the molecule is CC(C)c1nc(C(=O)N(C)C2CCC(N)CC2)n[nH]1. The van der Waals surface area contributed by atoms with Gasteiger partial charge in [-0.1, -0.05) is 13.8 Å². The van der Waals surface area contributed by atoms with E-state index in [1.807, 2.05) is 20.9 Å². The van der Waals surface area contributed by atoms with Crippen LogP contribution in [0.3, 0.4) is 0 Å². The Morgan fingerprint density at radius 1 is 1.37 bits per heavy atom. The lowest BCUT2D eigenvalue weighted by Crippen LogP contribution is -2.42. The Morgan fingerprint density at radius 3 is 2.53 bits per heavy atom. The summed E-state index contributed by atoms with van der Waals surface area (Å²) in [5, 5.41) is 6.84. The molecule has 0 aromatic carbocycles. The van der Waals surface area contributed by atoms with Crippen LogP contribution in [0.15, 0.2) is 0 Å². The van der Waals surface area contributed by atoms with Gasteiger partial charge < -0.3 is 10.6 Å². The molecule has 0 atom stereocenters. The Hall–Kier alpha value is -1.43. The number of hydrogen-bond donors (Lipinski definition) is 2. The van der Waals surface area contributed by atoms with Crippen molar-refractivity contribution in [2.75, 3.05) is 7.05 Å². The second kappa shape index (κ2) is 5.69. The number of nitrogens with two attached hydrogens (primary N) is 1. The minimum atomic E-state index is -0.108. The van der Waals surface area contributed by atoms with E-state index in [1.165, 1.54) is 0 Å². The van der Waals surface area contributed by atoms with Gasteiger partial charge in [0.1, 0.15) is 5.82 Å². The molecule has 1 amide bonds. The van der Waals surface area contributed by atoms with Crippen LogP contribution in [0.4, 0.5) is 0 Å². The Balaban J connectivity index is 2.01. The van der Waals surface area contributed by atoms with Gasteiger partial charge >= 0.3 is 0 Å². The first-order valence-corrected chi connectivity index (χ1v) is 6.94. The zero-order chi connectivity index (χ0) is 14.0. The fourth-order valence-corrected chi connectivity index (χ4v) is 2.44. The maximum absolute atomic E-state index is 12.3. The normalized spacial score (nSPS) is 23.6. The zero-order valence-electron chi connectivity index (χ0n) is 11.9. The Morgan fingerprint density at radius 2 is 2.00 bits per heavy atom. The molecule has 0 saturated heterocycles. The largest absolute Gasteiger partial charge is 0.336 e. The van der Waals surface area contributed by atoms with Gasteiger partial charge in [0.2, 0.25) is 5.82 Å². The summed E-state index contributed by atoms with van der Waals surface area (Å²) in [5.74, 6) is 1.15. The summed E-state index contributed by atoms with van der Waals surface area (Å²) < 4.78 is 0. The minimum Gasteiger partial charge on any atom is -0.336 e. The Kier molecular flexibility index (Phi) is 4.19. The average Bonchev–Trinajstić information content (AvgIpc) is 2.87. The fraction of sp³-hybridized carbons (Fsp3) is 0.769. The van der Waals surface area contributed by atoms with Gasteiger partial charge in [-0.05, 0) is 25.7 Å². The van der Waals surface area contributed by atoms with Crippen molar-refractivity contribution in [3.05, 3.63) is 11.6 Å². The van der Waals surface area contributed by atoms with E-state index >= 15 is 0 Å². The minimum absolute atomic E-state index is 0.108. The van der Waals surface area contributed by atoms with E-state index in [2.05, 4.69) is 15.2 Å². The lowest BCUT2D eigenvalue weighted by atomic mass is 9.91. The van der Waals surface area contributed by atoms with E-state index in [0.717, 1.165) is 31.5 Å². The van der Waals surface area contributed by atoms with Gasteiger partial charge in [-0.25, -0.2) is 4.98 Å². The van der Waals surface area contributed by atoms with E-state index in [1.54, 1.807) is 4.90 Å². The highest BCUT2D eigenvalue weighted by Crippen LogP contribution is 2.22. The van der Waals surface area contributed by atoms with Gasteiger partial charge in [0, 0.05) is 25.0 Å². The third kappa shape index (κ3) is 3.12. The van der Waals surface area contributed by atoms with Crippen molar-refractivity contribution >= 4 is 5.91 Å². The standard InChI is InChI=1S/C13H23N5O/c1-8(2)11-15-12(17-16-11)13(19)18(3)10-6-4-9(14)5-7-10/h8-10H,4-7,14H2,1-3H3,(H,15,16,17). The number of nitrogens with one attached hydrogen (secondary N) is 1. The lowest BCUT2D eigenvalue weighted by Gasteiger charge is -2.32. The van der Waals surface area contributed by atoms with Gasteiger partial charge in [0.25, 0.3) is 5.91 Å². The molecular weight excluding hydrogens is 242 g/mol. The van der Waals surface area contributed by atoms with Gasteiger partial charge in [0.05, 0.1) is 0 Å². The molecule has 1 aliphatic carbocycles. The van der Waals surface area contributed by atoms with Crippen molar-refractivity contribution in [1.29, 1.82) is 0 Å². The molecular formula is C13H23N5O. The van der Waals surface area contributed by atoms with Crippen LogP contribution in [0.1, 0.15) is 61.9 Å². The first-order valence-electron chi connectivity index (χ1n) is 6.94. The highest BCUT2D eigenvalue weighted by atomic mass is 16.2. The van der Waals surface area contributed by atoms with E-state index in [9.17, 15) is 4.79 Å². The number of aromatic amines is 1. The second-order valence-electron chi connectivity index (χ2n) is 5.68. The number of aromatic nitrogens is 3. The van der Waals surface area contributed by atoms with Crippen LogP contribution in [-0.4, -0.2) is 45.1 Å². The maximum atomic E-state index is 12.3. The van der Waals surface area contributed by atoms with Crippen LogP contribution in [0, 0.1) is 0 Å². The average molecular weight is 265 g/mol. The first-order chi connectivity index (χ1) is 8.99. The van der Waals surface area contributed by atoms with Crippen LogP contribution in [0.2, 0.25) is 0 Å². The molecule has 6 nitrogen and oxygen atoms in total. The molecule has 0 radical (unpaired) electrons. The van der Waals surface area contributed by atoms with E-state index in [4.69, 9.17) is 5.73 Å². The van der Waals surface area contributed by atoms with Crippen molar-refractivity contribution in [2.24, 2.45) is 5.73 Å². The van der Waals surface area contributed by atoms with Crippen LogP contribution >= 0.6 is 0 Å². The summed E-state index contributed by atoms with van der Waals surface area (Å²) in [5.41, 5.74) is 5.89. The van der Waals surface area contributed by atoms with Crippen LogP contribution in [-0.2, 0) is 0 Å². The van der Waals surface area contributed by atoms with E-state index in [-0.39, 0.29) is 29.7 Å². The summed E-state index contributed by atoms with van der Waals surface area (Å²) in [6.45, 7) is 4.03. The summed E-state index contributed by atoms with van der Waals surface area (Å²) in [7, 11) is 1.83. The first kappa shape index (κ1) is 14.0. The lowest BCUT2D eigenvalue weighted by molar-refractivity contribution is 0.0678. The van der Waals surface area contributed by atoms with Gasteiger partial charge in [-0.2, -0.15) is 0 Å². The predicted molar refractivity (Wildman–Crippen MR) is 72.8 cm³/mol. The van der Waals surface area contributed by atoms with Crippen molar-refractivity contribution in [1.82, 2.24) is 20.1 Å². The summed E-state index contributed by atoms with van der Waals surface area (Å²) in [4.78, 5) is 18.3. The summed E-state index contributed by atoms with van der Waals surface area (Å²) >= 11 is 0. The third-order valence-corrected chi connectivity index (χ3v) is 3.85. The number of rotatable bonds is 3. The predicted octanol–water partition coefficient (Wildman–Crippen LogP) is 1.27. The highest BCUT2D eigenvalue weighted by Gasteiger charge is 2.27. The Bertz CT molecular complexity index is 434. The molecule has 106 valence electrons.